The van der Waals surface area contributed by atoms with Gasteiger partial charge in [0.2, 0.25) is 5.91 Å². The molecule has 1 rings (SSSR count). The maximum absolute atomic E-state index is 11.7. The topological polar surface area (TPSA) is 103 Å². The second-order valence-electron chi connectivity index (χ2n) is 4.43. The zero-order chi connectivity index (χ0) is 15.8. The fourth-order valence-electron chi connectivity index (χ4n) is 1.79. The Morgan fingerprint density at radius 3 is 2.55 bits per heavy atom. The van der Waals surface area contributed by atoms with Gasteiger partial charge in [0.05, 0.1) is 26.9 Å². The molecule has 0 heterocycles. The van der Waals surface area contributed by atoms with Crippen molar-refractivity contribution >= 4 is 18.3 Å². The van der Waals surface area contributed by atoms with Gasteiger partial charge in [0.1, 0.15) is 17.5 Å². The molecule has 4 N–H and O–H groups in total. The summed E-state index contributed by atoms with van der Waals surface area (Å²) in [5.41, 5.74) is 6.12. The molecule has 0 saturated heterocycles. The molecule has 0 aromatic heterocycles. The maximum Gasteiger partial charge on any atom is 0.239 e. The van der Waals surface area contributed by atoms with Crippen LogP contribution in [0, 0.1) is 0 Å². The van der Waals surface area contributed by atoms with Gasteiger partial charge >= 0.3 is 0 Å². The average molecular weight is 335 g/mol. The number of ether oxygens (including phenoxy) is 3. The Labute approximate surface area is 136 Å². The van der Waals surface area contributed by atoms with Crippen LogP contribution in [0.3, 0.4) is 0 Å². The molecule has 0 saturated carbocycles. The summed E-state index contributed by atoms with van der Waals surface area (Å²) in [4.78, 5) is 11.7. The number of carbonyl (C=O) groups excluding carboxylic acids is 1. The van der Waals surface area contributed by atoms with Gasteiger partial charge in [-0.1, -0.05) is 0 Å². The lowest BCUT2D eigenvalue weighted by molar-refractivity contribution is -0.123. The number of benzene rings is 1. The van der Waals surface area contributed by atoms with Crippen LogP contribution in [-0.4, -0.2) is 51.5 Å². The molecule has 0 bridgehead atoms. The highest BCUT2D eigenvalue weighted by Gasteiger charge is 2.18. The number of nitrogens with two attached hydrogens (primary N) is 1. The monoisotopic (exact) mass is 334 g/mol. The number of nitrogens with one attached hydrogen (secondary N) is 1. The largest absolute Gasteiger partial charge is 0.497 e. The molecular formula is C14H23ClN2O5. The van der Waals surface area contributed by atoms with Crippen LogP contribution < -0.4 is 20.5 Å². The van der Waals surface area contributed by atoms with Gasteiger partial charge in [-0.15, -0.1) is 12.4 Å². The molecule has 7 nitrogen and oxygen atoms in total. The highest BCUT2D eigenvalue weighted by atomic mass is 35.5. The normalized spacial score (nSPS) is 12.8. The van der Waals surface area contributed by atoms with Crippen LogP contribution in [0.1, 0.15) is 11.7 Å². The van der Waals surface area contributed by atoms with E-state index in [-0.39, 0.29) is 25.6 Å². The molecule has 1 amide bonds. The average Bonchev–Trinajstić information content (AvgIpc) is 2.51. The molecule has 0 aliphatic carbocycles. The molecular weight excluding hydrogens is 312 g/mol. The summed E-state index contributed by atoms with van der Waals surface area (Å²) in [6, 6.07) is 4.30. The first kappa shape index (κ1) is 20.5. The van der Waals surface area contributed by atoms with Crippen LogP contribution >= 0.6 is 12.4 Å². The maximum atomic E-state index is 11.7. The van der Waals surface area contributed by atoms with Crippen molar-refractivity contribution < 1.29 is 24.1 Å². The highest BCUT2D eigenvalue weighted by molar-refractivity contribution is 5.85. The smallest absolute Gasteiger partial charge is 0.239 e. The quantitative estimate of drug-likeness (QED) is 0.629. The molecule has 2 atom stereocenters. The van der Waals surface area contributed by atoms with Gasteiger partial charge in [-0.25, -0.2) is 0 Å². The van der Waals surface area contributed by atoms with Crippen molar-refractivity contribution in [1.82, 2.24) is 5.32 Å². The number of hydrogen-bond acceptors (Lipinski definition) is 6. The third-order valence-electron chi connectivity index (χ3n) is 2.95. The summed E-state index contributed by atoms with van der Waals surface area (Å²) in [6.45, 7) is 0.129. The van der Waals surface area contributed by atoms with Crippen LogP contribution in [-0.2, 0) is 9.53 Å². The van der Waals surface area contributed by atoms with E-state index in [0.29, 0.717) is 17.1 Å². The van der Waals surface area contributed by atoms with Crippen LogP contribution in [0.5, 0.6) is 11.5 Å². The predicted molar refractivity (Wildman–Crippen MR) is 84.6 cm³/mol. The molecule has 2 unspecified atom stereocenters. The van der Waals surface area contributed by atoms with E-state index < -0.39 is 18.1 Å². The Morgan fingerprint density at radius 2 is 2.00 bits per heavy atom. The fourth-order valence-corrected chi connectivity index (χ4v) is 1.79. The first-order chi connectivity index (χ1) is 10.0. The number of aliphatic hydroxyl groups excluding tert-OH is 1. The van der Waals surface area contributed by atoms with E-state index >= 15 is 0 Å². The second-order valence-corrected chi connectivity index (χ2v) is 4.43. The van der Waals surface area contributed by atoms with E-state index in [1.54, 1.807) is 18.2 Å². The number of aliphatic hydroxyl groups is 1. The Kier molecular flexibility index (Phi) is 9.51. The first-order valence-electron chi connectivity index (χ1n) is 6.45. The Balaban J connectivity index is 0.00000441. The van der Waals surface area contributed by atoms with Gasteiger partial charge in [0.25, 0.3) is 0 Å². The van der Waals surface area contributed by atoms with Crippen molar-refractivity contribution in [2.45, 2.75) is 12.1 Å². The molecule has 126 valence electrons. The van der Waals surface area contributed by atoms with Crippen LogP contribution in [0.25, 0.3) is 0 Å². The molecule has 0 radical (unpaired) electrons. The lowest BCUT2D eigenvalue weighted by Crippen LogP contribution is -2.44. The van der Waals surface area contributed by atoms with Gasteiger partial charge in [0, 0.05) is 19.2 Å². The van der Waals surface area contributed by atoms with Gasteiger partial charge in [-0.2, -0.15) is 0 Å². The van der Waals surface area contributed by atoms with E-state index in [2.05, 4.69) is 5.32 Å². The summed E-state index contributed by atoms with van der Waals surface area (Å²) in [6.07, 6.45) is -0.936. The highest BCUT2D eigenvalue weighted by Crippen LogP contribution is 2.28. The summed E-state index contributed by atoms with van der Waals surface area (Å²) in [7, 11) is 4.50. The number of hydrogen-bond donors (Lipinski definition) is 3. The molecule has 1 aromatic rings. The van der Waals surface area contributed by atoms with Crippen molar-refractivity contribution in [3.63, 3.8) is 0 Å². The molecule has 8 heteroatoms. The van der Waals surface area contributed by atoms with Crippen molar-refractivity contribution in [2.75, 3.05) is 34.5 Å². The third kappa shape index (κ3) is 5.69. The van der Waals surface area contributed by atoms with Crippen LogP contribution in [0.4, 0.5) is 0 Å². The summed E-state index contributed by atoms with van der Waals surface area (Å²) in [5.74, 6) is 0.712. The van der Waals surface area contributed by atoms with E-state index in [9.17, 15) is 9.90 Å². The van der Waals surface area contributed by atoms with Crippen molar-refractivity contribution in [3.8, 4) is 11.5 Å². The molecule has 0 fully saturated rings. The molecule has 1 aromatic carbocycles. The number of halogens is 1. The van der Waals surface area contributed by atoms with E-state index in [4.69, 9.17) is 19.9 Å². The Bertz CT molecular complexity index is 473. The number of amides is 1. The zero-order valence-corrected chi connectivity index (χ0v) is 13.7. The number of methoxy groups -OCH3 is 3. The Hall–Kier alpha value is -1.54. The predicted octanol–water partition coefficient (Wildman–Crippen LogP) is 0.249. The standard InChI is InChI=1S/C14H22N2O5.ClH/c1-19-8-11(15)14(18)16-7-12(17)10-6-9(20-2)4-5-13(10)21-3;/h4-6,11-12,17H,7-8,15H2,1-3H3,(H,16,18);1H. The molecule has 22 heavy (non-hydrogen) atoms. The number of carbonyl (C=O) groups is 1. The van der Waals surface area contributed by atoms with E-state index in [1.807, 2.05) is 0 Å². The van der Waals surface area contributed by atoms with Gasteiger partial charge < -0.3 is 30.4 Å². The second kappa shape index (κ2) is 10.2. The summed E-state index contributed by atoms with van der Waals surface area (Å²) < 4.78 is 15.1. The minimum absolute atomic E-state index is 0. The lowest BCUT2D eigenvalue weighted by Gasteiger charge is -2.18. The molecule has 0 spiro atoms. The minimum Gasteiger partial charge on any atom is -0.497 e. The van der Waals surface area contributed by atoms with Crippen molar-refractivity contribution in [2.24, 2.45) is 5.73 Å². The first-order valence-corrected chi connectivity index (χ1v) is 6.45. The van der Waals surface area contributed by atoms with Gasteiger partial charge in [0.15, 0.2) is 0 Å². The van der Waals surface area contributed by atoms with E-state index in [0.717, 1.165) is 0 Å². The number of rotatable bonds is 8. The summed E-state index contributed by atoms with van der Waals surface area (Å²) >= 11 is 0. The SMILES string of the molecule is COCC(N)C(=O)NCC(O)c1cc(OC)ccc1OC.Cl. The fraction of sp³-hybridized carbons (Fsp3) is 0.500. The zero-order valence-electron chi connectivity index (χ0n) is 12.9. The molecule has 0 aliphatic rings. The van der Waals surface area contributed by atoms with Crippen molar-refractivity contribution in [1.29, 1.82) is 0 Å². The van der Waals surface area contributed by atoms with Crippen LogP contribution in [0.2, 0.25) is 0 Å². The Morgan fingerprint density at radius 1 is 1.32 bits per heavy atom. The van der Waals surface area contributed by atoms with Crippen molar-refractivity contribution in [3.05, 3.63) is 23.8 Å². The van der Waals surface area contributed by atoms with E-state index in [1.165, 1.54) is 21.3 Å². The summed E-state index contributed by atoms with van der Waals surface area (Å²) in [5, 5.41) is 12.8. The van der Waals surface area contributed by atoms with Crippen LogP contribution in [0.15, 0.2) is 18.2 Å². The van der Waals surface area contributed by atoms with Gasteiger partial charge in [-0.05, 0) is 18.2 Å². The third-order valence-corrected chi connectivity index (χ3v) is 2.95. The molecule has 0 aliphatic heterocycles. The van der Waals surface area contributed by atoms with Gasteiger partial charge in [-0.3, -0.25) is 4.79 Å². The lowest BCUT2D eigenvalue weighted by atomic mass is 10.1. The minimum atomic E-state index is -0.936.